The van der Waals surface area contributed by atoms with Gasteiger partial charge in [-0.1, -0.05) is 6.92 Å². The van der Waals surface area contributed by atoms with Gasteiger partial charge in [0, 0.05) is 37.8 Å². The van der Waals surface area contributed by atoms with Crippen LogP contribution in [0.2, 0.25) is 0 Å². The number of sulfonamides is 1. The van der Waals surface area contributed by atoms with Gasteiger partial charge in [0.1, 0.15) is 0 Å². The first-order valence-corrected chi connectivity index (χ1v) is 11.2. The molecule has 2 atom stereocenters. The average Bonchev–Trinajstić information content (AvgIpc) is 3.38. The van der Waals surface area contributed by atoms with Gasteiger partial charge < -0.3 is 15.0 Å². The van der Waals surface area contributed by atoms with E-state index >= 15 is 0 Å². The Morgan fingerprint density at radius 1 is 1.29 bits per heavy atom. The molecule has 3 rings (SSSR count). The highest BCUT2D eigenvalue weighted by atomic mass is 35.5. The van der Waals surface area contributed by atoms with E-state index in [4.69, 9.17) is 4.74 Å². The standard InChI is InChI=1S/C19H29N3O4S.ClH/c1-2-11-22(16-9-10-20-13-16)19(23)15-5-7-18(8-6-15)27(24,25)21-14-17-4-3-12-26-17;/h5-8,16-17,20-21H,2-4,9-14H2,1H3;1H. The molecule has 1 aromatic carbocycles. The van der Waals surface area contributed by atoms with Crippen LogP contribution in [0.1, 0.15) is 43.0 Å². The van der Waals surface area contributed by atoms with E-state index in [1.165, 1.54) is 12.1 Å². The predicted octanol–water partition coefficient (Wildman–Crippen LogP) is 1.78. The first-order chi connectivity index (χ1) is 13.0. The number of amides is 1. The second kappa shape index (κ2) is 10.5. The van der Waals surface area contributed by atoms with E-state index in [-0.39, 0.29) is 41.9 Å². The summed E-state index contributed by atoms with van der Waals surface area (Å²) in [5.41, 5.74) is 0.522. The molecule has 2 unspecified atom stereocenters. The van der Waals surface area contributed by atoms with Gasteiger partial charge in [0.25, 0.3) is 5.91 Å². The Morgan fingerprint density at radius 3 is 2.61 bits per heavy atom. The molecule has 9 heteroatoms. The number of nitrogens with zero attached hydrogens (tertiary/aromatic N) is 1. The Balaban J connectivity index is 0.00000280. The summed E-state index contributed by atoms with van der Waals surface area (Å²) in [5, 5.41) is 3.29. The zero-order valence-electron chi connectivity index (χ0n) is 16.2. The molecule has 0 bridgehead atoms. The van der Waals surface area contributed by atoms with Crippen molar-refractivity contribution < 1.29 is 17.9 Å². The van der Waals surface area contributed by atoms with Crippen molar-refractivity contribution in [2.75, 3.05) is 32.8 Å². The van der Waals surface area contributed by atoms with Gasteiger partial charge in [0.15, 0.2) is 0 Å². The average molecular weight is 432 g/mol. The molecule has 0 radical (unpaired) electrons. The smallest absolute Gasteiger partial charge is 0.254 e. The number of hydrogen-bond acceptors (Lipinski definition) is 5. The van der Waals surface area contributed by atoms with Crippen molar-refractivity contribution >= 4 is 28.3 Å². The third-order valence-corrected chi connectivity index (χ3v) is 6.58. The van der Waals surface area contributed by atoms with Crippen LogP contribution in [-0.2, 0) is 14.8 Å². The van der Waals surface area contributed by atoms with Gasteiger partial charge in [-0.2, -0.15) is 0 Å². The molecule has 2 heterocycles. The van der Waals surface area contributed by atoms with Crippen LogP contribution in [0.15, 0.2) is 29.2 Å². The summed E-state index contributed by atoms with van der Waals surface area (Å²) in [7, 11) is -3.60. The van der Waals surface area contributed by atoms with Crippen LogP contribution in [0.4, 0.5) is 0 Å². The van der Waals surface area contributed by atoms with E-state index in [1.807, 2.05) is 4.90 Å². The minimum atomic E-state index is -3.60. The van der Waals surface area contributed by atoms with Crippen LogP contribution in [0, 0.1) is 0 Å². The van der Waals surface area contributed by atoms with Gasteiger partial charge in [-0.25, -0.2) is 13.1 Å². The fraction of sp³-hybridized carbons (Fsp3) is 0.632. The van der Waals surface area contributed by atoms with Crippen molar-refractivity contribution in [1.29, 1.82) is 0 Å². The van der Waals surface area contributed by atoms with Crippen molar-refractivity contribution in [3.8, 4) is 0 Å². The molecule has 2 aliphatic rings. The first kappa shape index (κ1) is 23.1. The highest BCUT2D eigenvalue weighted by Gasteiger charge is 2.27. The Hall–Kier alpha value is -1.19. The normalized spacial score (nSPS) is 22.0. The topological polar surface area (TPSA) is 87.7 Å². The van der Waals surface area contributed by atoms with Crippen molar-refractivity contribution in [3.05, 3.63) is 29.8 Å². The lowest BCUT2D eigenvalue weighted by molar-refractivity contribution is 0.0692. The maximum Gasteiger partial charge on any atom is 0.254 e. The van der Waals surface area contributed by atoms with Crippen molar-refractivity contribution in [3.63, 3.8) is 0 Å². The monoisotopic (exact) mass is 431 g/mol. The molecule has 0 aliphatic carbocycles. The highest BCUT2D eigenvalue weighted by molar-refractivity contribution is 7.89. The predicted molar refractivity (Wildman–Crippen MR) is 110 cm³/mol. The molecule has 1 amide bonds. The van der Waals surface area contributed by atoms with Crippen molar-refractivity contribution in [2.24, 2.45) is 0 Å². The lowest BCUT2D eigenvalue weighted by Gasteiger charge is -2.28. The zero-order chi connectivity index (χ0) is 19.3. The van der Waals surface area contributed by atoms with Crippen LogP contribution in [0.25, 0.3) is 0 Å². The quantitative estimate of drug-likeness (QED) is 0.655. The second-order valence-corrected chi connectivity index (χ2v) is 8.92. The molecule has 7 nitrogen and oxygen atoms in total. The summed E-state index contributed by atoms with van der Waals surface area (Å²) in [6.45, 7) is 5.46. The van der Waals surface area contributed by atoms with E-state index in [0.29, 0.717) is 18.7 Å². The number of ether oxygens (including phenoxy) is 1. The molecular formula is C19H30ClN3O4S. The molecule has 0 saturated carbocycles. The molecule has 28 heavy (non-hydrogen) atoms. The van der Waals surface area contributed by atoms with E-state index in [9.17, 15) is 13.2 Å². The van der Waals surface area contributed by atoms with Crippen molar-refractivity contribution in [1.82, 2.24) is 14.9 Å². The van der Waals surface area contributed by atoms with Crippen LogP contribution in [-0.4, -0.2) is 64.2 Å². The Morgan fingerprint density at radius 2 is 2.04 bits per heavy atom. The van der Waals surface area contributed by atoms with E-state index in [1.54, 1.807) is 12.1 Å². The van der Waals surface area contributed by atoms with Gasteiger partial charge in [-0.15, -0.1) is 12.4 Å². The minimum absolute atomic E-state index is 0. The van der Waals surface area contributed by atoms with Crippen LogP contribution in [0.5, 0.6) is 0 Å². The number of carbonyl (C=O) groups is 1. The highest BCUT2D eigenvalue weighted by Crippen LogP contribution is 2.17. The van der Waals surface area contributed by atoms with Gasteiger partial charge in [-0.05, 0) is 56.5 Å². The number of benzene rings is 1. The Bertz CT molecular complexity index is 730. The number of carbonyl (C=O) groups excluding carboxylic acids is 1. The lowest BCUT2D eigenvalue weighted by Crippen LogP contribution is -2.42. The largest absolute Gasteiger partial charge is 0.377 e. The van der Waals surface area contributed by atoms with Gasteiger partial charge >= 0.3 is 0 Å². The number of nitrogens with one attached hydrogen (secondary N) is 2. The molecule has 158 valence electrons. The summed E-state index contributed by atoms with van der Waals surface area (Å²) in [5.74, 6) is -0.0400. The van der Waals surface area contributed by atoms with E-state index in [0.717, 1.165) is 38.8 Å². The van der Waals surface area contributed by atoms with Crippen molar-refractivity contribution in [2.45, 2.75) is 49.6 Å². The summed E-state index contributed by atoms with van der Waals surface area (Å²) in [6.07, 6.45) is 3.63. The summed E-state index contributed by atoms with van der Waals surface area (Å²) < 4.78 is 32.9. The van der Waals surface area contributed by atoms with E-state index < -0.39 is 10.0 Å². The van der Waals surface area contributed by atoms with Gasteiger partial charge in [0.2, 0.25) is 10.0 Å². The number of rotatable bonds is 8. The van der Waals surface area contributed by atoms with Gasteiger partial charge in [-0.3, -0.25) is 4.79 Å². The van der Waals surface area contributed by atoms with Crippen LogP contribution >= 0.6 is 12.4 Å². The molecule has 2 fully saturated rings. The first-order valence-electron chi connectivity index (χ1n) is 9.74. The zero-order valence-corrected chi connectivity index (χ0v) is 17.9. The fourth-order valence-corrected chi connectivity index (χ4v) is 4.70. The van der Waals surface area contributed by atoms with Crippen LogP contribution in [0.3, 0.4) is 0 Å². The molecular weight excluding hydrogens is 402 g/mol. The second-order valence-electron chi connectivity index (χ2n) is 7.16. The number of hydrogen-bond donors (Lipinski definition) is 2. The Kier molecular flexibility index (Phi) is 8.70. The summed E-state index contributed by atoms with van der Waals surface area (Å²) >= 11 is 0. The third-order valence-electron chi connectivity index (χ3n) is 5.14. The maximum atomic E-state index is 12.9. The van der Waals surface area contributed by atoms with E-state index in [2.05, 4.69) is 17.0 Å². The summed E-state index contributed by atoms with van der Waals surface area (Å²) in [6, 6.07) is 6.42. The fourth-order valence-electron chi connectivity index (χ4n) is 3.63. The van der Waals surface area contributed by atoms with Crippen LogP contribution < -0.4 is 10.0 Å². The lowest BCUT2D eigenvalue weighted by atomic mass is 10.1. The summed E-state index contributed by atoms with van der Waals surface area (Å²) in [4.78, 5) is 15.0. The minimum Gasteiger partial charge on any atom is -0.377 e. The molecule has 0 aromatic heterocycles. The number of halogens is 1. The molecule has 2 N–H and O–H groups in total. The molecule has 2 saturated heterocycles. The molecule has 0 spiro atoms. The molecule has 1 aromatic rings. The third kappa shape index (κ3) is 5.67. The molecule has 2 aliphatic heterocycles. The SMILES string of the molecule is CCCN(C(=O)c1ccc(S(=O)(=O)NCC2CCCO2)cc1)C1CCNC1.Cl. The Labute approximate surface area is 173 Å². The maximum absolute atomic E-state index is 12.9. The van der Waals surface area contributed by atoms with Gasteiger partial charge in [0.05, 0.1) is 11.0 Å².